The molecule has 0 saturated heterocycles. The summed E-state index contributed by atoms with van der Waals surface area (Å²) in [6.07, 6.45) is 0. The Hall–Kier alpha value is -1.08. The van der Waals surface area contributed by atoms with Gasteiger partial charge in [0.2, 0.25) is 11.8 Å². The molecule has 1 rings (SSSR count). The number of amides is 1. The topological polar surface area (TPSA) is 88.2 Å². The molecule has 0 aromatic carbocycles. The first kappa shape index (κ1) is 14.0. The van der Waals surface area contributed by atoms with Crippen LogP contribution in [0.25, 0.3) is 0 Å². The number of aliphatic hydroxyl groups excluding tert-OH is 1. The van der Waals surface area contributed by atoms with Crippen LogP contribution in [-0.2, 0) is 4.79 Å². The molecule has 0 spiro atoms. The van der Waals surface area contributed by atoms with Crippen molar-refractivity contribution in [2.24, 2.45) is 0 Å². The van der Waals surface area contributed by atoms with Crippen molar-refractivity contribution in [1.29, 1.82) is 0 Å². The lowest BCUT2D eigenvalue weighted by Crippen LogP contribution is -2.17. The van der Waals surface area contributed by atoms with E-state index >= 15 is 0 Å². The van der Waals surface area contributed by atoms with Gasteiger partial charge in [0.05, 0.1) is 12.4 Å². The van der Waals surface area contributed by atoms with Crippen molar-refractivity contribution in [1.82, 2.24) is 10.2 Å². The molecule has 1 atom stereocenters. The smallest absolute Gasteiger partial charge is 0.322 e. The highest BCUT2D eigenvalue weighted by Crippen LogP contribution is 2.15. The Morgan fingerprint density at radius 3 is 2.71 bits per heavy atom. The first-order valence-corrected chi connectivity index (χ1v) is 6.43. The maximum absolute atomic E-state index is 11.5. The van der Waals surface area contributed by atoms with Gasteiger partial charge in [0.25, 0.3) is 0 Å². The molecule has 0 aliphatic rings. The summed E-state index contributed by atoms with van der Waals surface area (Å²) in [7, 11) is 0. The van der Waals surface area contributed by atoms with Gasteiger partial charge in [0.1, 0.15) is 0 Å². The number of nitrogens with zero attached hydrogens (tertiary/aromatic N) is 2. The zero-order valence-corrected chi connectivity index (χ0v) is 11.0. The van der Waals surface area contributed by atoms with Crippen molar-refractivity contribution >= 4 is 23.7 Å². The number of hydrogen-bond donors (Lipinski definition) is 2. The maximum atomic E-state index is 11.5. The van der Waals surface area contributed by atoms with Crippen LogP contribution in [0, 0.1) is 0 Å². The fourth-order valence-electron chi connectivity index (χ4n) is 0.944. The van der Waals surface area contributed by atoms with E-state index in [4.69, 9.17) is 9.52 Å². The molecule has 1 aromatic heterocycles. The number of hydrogen-bond acceptors (Lipinski definition) is 6. The first-order valence-electron chi connectivity index (χ1n) is 5.38. The Morgan fingerprint density at radius 2 is 2.18 bits per heavy atom. The third-order valence-electron chi connectivity index (χ3n) is 1.94. The van der Waals surface area contributed by atoms with E-state index in [1.165, 1.54) is 11.8 Å². The summed E-state index contributed by atoms with van der Waals surface area (Å²) in [4.78, 5) is 11.5. The molecule has 1 amide bonds. The highest BCUT2D eigenvalue weighted by molar-refractivity contribution is 8.00. The molecular formula is C10H17N3O3S. The van der Waals surface area contributed by atoms with Crippen LogP contribution < -0.4 is 5.32 Å². The fraction of sp³-hybridized carbons (Fsp3) is 0.700. The number of anilines is 1. The predicted molar refractivity (Wildman–Crippen MR) is 66.0 cm³/mol. The number of carbonyl (C=O) groups excluding carboxylic acids is 1. The molecule has 0 fully saturated rings. The molecule has 0 saturated carbocycles. The van der Waals surface area contributed by atoms with Crippen LogP contribution in [-0.4, -0.2) is 38.8 Å². The summed E-state index contributed by atoms with van der Waals surface area (Å²) < 4.78 is 5.24. The number of carbonyl (C=O) groups is 1. The van der Waals surface area contributed by atoms with Gasteiger partial charge in [-0.25, -0.2) is 0 Å². The van der Waals surface area contributed by atoms with Crippen molar-refractivity contribution in [3.63, 3.8) is 0 Å². The zero-order valence-electron chi connectivity index (χ0n) is 10.1. The Kier molecular flexibility index (Phi) is 5.43. The molecule has 0 aliphatic heterocycles. The molecule has 7 heteroatoms. The SMILES string of the molecule is CC(CO)SCC(=O)Nc1nnc(C(C)C)o1. The number of nitrogens with one attached hydrogen (secondary N) is 1. The van der Waals surface area contributed by atoms with Crippen LogP contribution in [0.2, 0.25) is 0 Å². The molecule has 17 heavy (non-hydrogen) atoms. The second-order valence-corrected chi connectivity index (χ2v) is 5.38. The maximum Gasteiger partial charge on any atom is 0.322 e. The Labute approximate surface area is 104 Å². The molecule has 1 heterocycles. The lowest BCUT2D eigenvalue weighted by atomic mass is 10.2. The van der Waals surface area contributed by atoms with Gasteiger partial charge in [-0.3, -0.25) is 10.1 Å². The second-order valence-electron chi connectivity index (χ2n) is 3.95. The van der Waals surface area contributed by atoms with Gasteiger partial charge in [0.15, 0.2) is 0 Å². The van der Waals surface area contributed by atoms with Crippen molar-refractivity contribution in [3.8, 4) is 0 Å². The summed E-state index contributed by atoms with van der Waals surface area (Å²) in [6.45, 7) is 5.76. The van der Waals surface area contributed by atoms with E-state index in [2.05, 4.69) is 15.5 Å². The number of aliphatic hydroxyl groups is 1. The number of rotatable bonds is 6. The zero-order chi connectivity index (χ0) is 12.8. The van der Waals surface area contributed by atoms with Gasteiger partial charge in [0, 0.05) is 11.2 Å². The second kappa shape index (κ2) is 6.61. The molecule has 2 N–H and O–H groups in total. The summed E-state index contributed by atoms with van der Waals surface area (Å²) in [5, 5.41) is 18.9. The molecular weight excluding hydrogens is 242 g/mol. The van der Waals surface area contributed by atoms with Crippen LogP contribution in [0.5, 0.6) is 0 Å². The van der Waals surface area contributed by atoms with E-state index < -0.39 is 0 Å². The highest BCUT2D eigenvalue weighted by Gasteiger charge is 2.12. The van der Waals surface area contributed by atoms with Gasteiger partial charge in [-0.2, -0.15) is 0 Å². The van der Waals surface area contributed by atoms with Gasteiger partial charge in [-0.05, 0) is 0 Å². The average molecular weight is 259 g/mol. The van der Waals surface area contributed by atoms with Crippen LogP contribution in [0.4, 0.5) is 6.01 Å². The molecule has 1 unspecified atom stereocenters. The number of thioether (sulfide) groups is 1. The van der Waals surface area contributed by atoms with Gasteiger partial charge < -0.3 is 9.52 Å². The minimum absolute atomic E-state index is 0.0367. The first-order chi connectivity index (χ1) is 8.02. The summed E-state index contributed by atoms with van der Waals surface area (Å²) in [6, 6.07) is 0.121. The lowest BCUT2D eigenvalue weighted by molar-refractivity contribution is -0.113. The van der Waals surface area contributed by atoms with Gasteiger partial charge >= 0.3 is 6.01 Å². The van der Waals surface area contributed by atoms with Crippen LogP contribution in [0.1, 0.15) is 32.6 Å². The van der Waals surface area contributed by atoms with Crippen LogP contribution in [0.15, 0.2) is 4.42 Å². The van der Waals surface area contributed by atoms with Gasteiger partial charge in [-0.15, -0.1) is 16.9 Å². The third kappa shape index (κ3) is 4.74. The van der Waals surface area contributed by atoms with Crippen molar-refractivity contribution in [3.05, 3.63) is 5.89 Å². The summed E-state index contributed by atoms with van der Waals surface area (Å²) >= 11 is 1.36. The van der Waals surface area contributed by atoms with E-state index in [1.54, 1.807) is 0 Å². The molecule has 0 radical (unpaired) electrons. The summed E-state index contributed by atoms with van der Waals surface area (Å²) in [5.74, 6) is 0.670. The Morgan fingerprint density at radius 1 is 1.47 bits per heavy atom. The van der Waals surface area contributed by atoms with E-state index in [9.17, 15) is 4.79 Å². The Balaban J connectivity index is 2.39. The highest BCUT2D eigenvalue weighted by atomic mass is 32.2. The molecule has 1 aromatic rings. The third-order valence-corrected chi connectivity index (χ3v) is 3.08. The van der Waals surface area contributed by atoms with Crippen molar-refractivity contribution in [2.75, 3.05) is 17.7 Å². The standard InChI is InChI=1S/C10H17N3O3S/c1-6(2)9-12-13-10(16-9)11-8(15)5-17-7(3)4-14/h6-7,14H,4-5H2,1-3H3,(H,11,13,15). The minimum Gasteiger partial charge on any atom is -0.408 e. The van der Waals surface area contributed by atoms with E-state index in [0.29, 0.717) is 5.89 Å². The quantitative estimate of drug-likeness (QED) is 0.799. The van der Waals surface area contributed by atoms with E-state index in [0.717, 1.165) is 0 Å². The fourth-order valence-corrected chi connectivity index (χ4v) is 1.56. The molecule has 6 nitrogen and oxygen atoms in total. The van der Waals surface area contributed by atoms with E-state index in [1.807, 2.05) is 20.8 Å². The largest absolute Gasteiger partial charge is 0.408 e. The lowest BCUT2D eigenvalue weighted by Gasteiger charge is -2.05. The van der Waals surface area contributed by atoms with Crippen LogP contribution in [0.3, 0.4) is 0 Å². The Bertz CT molecular complexity index is 367. The molecule has 0 bridgehead atoms. The summed E-state index contributed by atoms with van der Waals surface area (Å²) in [5.41, 5.74) is 0. The van der Waals surface area contributed by atoms with Crippen molar-refractivity contribution < 1.29 is 14.3 Å². The minimum atomic E-state index is -0.214. The van der Waals surface area contributed by atoms with E-state index in [-0.39, 0.29) is 35.4 Å². The molecule has 96 valence electrons. The normalized spacial score (nSPS) is 12.8. The van der Waals surface area contributed by atoms with Crippen LogP contribution >= 0.6 is 11.8 Å². The molecule has 0 aliphatic carbocycles. The van der Waals surface area contributed by atoms with Crippen molar-refractivity contribution in [2.45, 2.75) is 31.9 Å². The predicted octanol–water partition coefficient (Wildman–Crippen LogP) is 1.25. The number of aromatic nitrogens is 2. The average Bonchev–Trinajstić information content (AvgIpc) is 2.74. The van der Waals surface area contributed by atoms with Gasteiger partial charge in [-0.1, -0.05) is 25.9 Å². The monoisotopic (exact) mass is 259 g/mol.